The van der Waals surface area contributed by atoms with Gasteiger partial charge in [-0.2, -0.15) is 0 Å². The lowest BCUT2D eigenvalue weighted by Crippen LogP contribution is -2.41. The summed E-state index contributed by atoms with van der Waals surface area (Å²) >= 11 is 0. The number of hydrogen-bond acceptors (Lipinski definition) is 6. The van der Waals surface area contributed by atoms with Gasteiger partial charge in [0.25, 0.3) is 5.91 Å². The van der Waals surface area contributed by atoms with E-state index in [1.165, 1.54) is 19.1 Å². The van der Waals surface area contributed by atoms with Crippen molar-refractivity contribution in [2.75, 3.05) is 31.0 Å². The van der Waals surface area contributed by atoms with Crippen molar-refractivity contribution in [3.8, 4) is 11.5 Å². The molecule has 158 valence electrons. The summed E-state index contributed by atoms with van der Waals surface area (Å²) in [6.07, 6.45) is 0.139. The van der Waals surface area contributed by atoms with Crippen LogP contribution in [0.1, 0.15) is 18.9 Å². The normalized spacial score (nSPS) is 15.5. The summed E-state index contributed by atoms with van der Waals surface area (Å²) < 4.78 is 15.6. The Morgan fingerprint density at radius 3 is 2.57 bits per heavy atom. The van der Waals surface area contributed by atoms with Crippen LogP contribution in [0.3, 0.4) is 0 Å². The van der Waals surface area contributed by atoms with Crippen LogP contribution < -0.4 is 19.7 Å². The summed E-state index contributed by atoms with van der Waals surface area (Å²) in [5.41, 5.74) is 1.81. The number of ether oxygens (including phenoxy) is 3. The number of nitrogens with zero attached hydrogens (tertiary/aromatic N) is 1. The smallest absolute Gasteiger partial charge is 0.310 e. The van der Waals surface area contributed by atoms with Gasteiger partial charge < -0.3 is 24.4 Å². The highest BCUT2D eigenvalue weighted by Gasteiger charge is 2.30. The van der Waals surface area contributed by atoms with E-state index in [1.54, 1.807) is 49.4 Å². The van der Waals surface area contributed by atoms with Gasteiger partial charge in [-0.25, -0.2) is 0 Å². The number of hydrogen-bond donors (Lipinski definition) is 1. The lowest BCUT2D eigenvalue weighted by atomic mass is 10.1. The number of methoxy groups -OCH3 is 2. The van der Waals surface area contributed by atoms with E-state index in [9.17, 15) is 14.4 Å². The van der Waals surface area contributed by atoms with E-state index in [4.69, 9.17) is 14.2 Å². The van der Waals surface area contributed by atoms with Crippen molar-refractivity contribution in [2.45, 2.75) is 25.8 Å². The van der Waals surface area contributed by atoms with E-state index in [0.29, 0.717) is 28.4 Å². The van der Waals surface area contributed by atoms with Crippen LogP contribution in [0.25, 0.3) is 0 Å². The molecule has 1 aliphatic rings. The number of nitrogens with one attached hydrogen (secondary N) is 1. The Kier molecular flexibility index (Phi) is 6.56. The Morgan fingerprint density at radius 1 is 1.10 bits per heavy atom. The molecule has 8 nitrogen and oxygen atoms in total. The van der Waals surface area contributed by atoms with Crippen molar-refractivity contribution in [3.05, 3.63) is 48.0 Å². The van der Waals surface area contributed by atoms with Gasteiger partial charge in [0.05, 0.1) is 32.0 Å². The van der Waals surface area contributed by atoms with Crippen molar-refractivity contribution in [3.63, 3.8) is 0 Å². The molecule has 1 heterocycles. The molecule has 0 saturated carbocycles. The fraction of sp³-hybridized carbons (Fsp3) is 0.318. The van der Waals surface area contributed by atoms with Gasteiger partial charge in [-0.1, -0.05) is 18.2 Å². The zero-order valence-corrected chi connectivity index (χ0v) is 17.1. The fourth-order valence-corrected chi connectivity index (χ4v) is 3.39. The molecule has 3 rings (SSSR count). The Hall–Kier alpha value is -3.55. The van der Waals surface area contributed by atoms with Gasteiger partial charge in [-0.15, -0.1) is 0 Å². The van der Waals surface area contributed by atoms with Gasteiger partial charge in [0.1, 0.15) is 0 Å². The maximum Gasteiger partial charge on any atom is 0.310 e. The number of benzene rings is 2. The number of anilines is 2. The molecule has 0 aliphatic carbocycles. The van der Waals surface area contributed by atoms with Crippen molar-refractivity contribution < 1.29 is 28.6 Å². The summed E-state index contributed by atoms with van der Waals surface area (Å²) in [4.78, 5) is 38.6. The van der Waals surface area contributed by atoms with Crippen molar-refractivity contribution in [2.24, 2.45) is 0 Å². The predicted octanol–water partition coefficient (Wildman–Crippen LogP) is 2.55. The first-order valence-electron chi connectivity index (χ1n) is 9.50. The lowest BCUT2D eigenvalue weighted by Gasteiger charge is -2.27. The first-order valence-corrected chi connectivity index (χ1v) is 9.50. The Balaban J connectivity index is 1.66. The topological polar surface area (TPSA) is 94.2 Å². The van der Waals surface area contributed by atoms with Crippen LogP contribution in [0.5, 0.6) is 11.5 Å². The monoisotopic (exact) mass is 412 g/mol. The van der Waals surface area contributed by atoms with Gasteiger partial charge in [0.2, 0.25) is 5.91 Å². The predicted molar refractivity (Wildman–Crippen MR) is 111 cm³/mol. The first kappa shape index (κ1) is 21.2. The van der Waals surface area contributed by atoms with Crippen LogP contribution in [0.4, 0.5) is 11.4 Å². The molecule has 30 heavy (non-hydrogen) atoms. The standard InChI is InChI=1S/C22H24N2O6/c1-14-10-20(25)23-16-6-4-5-7-17(16)24(14)21(26)13-30-22(27)12-15-8-9-18(28-2)19(11-15)29-3/h4-9,11,14H,10,12-13H2,1-3H3,(H,23,25)/t14-/m1/s1. The van der Waals surface area contributed by atoms with Crippen LogP contribution in [0, 0.1) is 0 Å². The summed E-state index contributed by atoms with van der Waals surface area (Å²) in [6, 6.07) is 11.8. The second kappa shape index (κ2) is 9.30. The maximum atomic E-state index is 12.8. The van der Waals surface area contributed by atoms with Crippen molar-refractivity contribution in [1.29, 1.82) is 0 Å². The molecule has 1 N–H and O–H groups in total. The SMILES string of the molecule is COc1ccc(CC(=O)OCC(=O)N2c3ccccc3NC(=O)C[C@H]2C)cc1OC. The Morgan fingerprint density at radius 2 is 1.83 bits per heavy atom. The van der Waals surface area contributed by atoms with Crippen LogP contribution in [0.15, 0.2) is 42.5 Å². The number of carbonyl (C=O) groups excluding carboxylic acids is 3. The van der Waals surface area contributed by atoms with Crippen molar-refractivity contribution >= 4 is 29.2 Å². The van der Waals surface area contributed by atoms with Crippen LogP contribution >= 0.6 is 0 Å². The molecule has 0 unspecified atom stereocenters. The van der Waals surface area contributed by atoms with Gasteiger partial charge >= 0.3 is 5.97 Å². The number of amides is 2. The number of rotatable bonds is 6. The summed E-state index contributed by atoms with van der Waals surface area (Å²) in [7, 11) is 3.04. The van der Waals surface area contributed by atoms with E-state index in [2.05, 4.69) is 5.32 Å². The second-order valence-corrected chi connectivity index (χ2v) is 6.91. The molecule has 2 amide bonds. The van der Waals surface area contributed by atoms with Gasteiger partial charge in [0.15, 0.2) is 18.1 Å². The van der Waals surface area contributed by atoms with E-state index >= 15 is 0 Å². The molecule has 0 aromatic heterocycles. The van der Waals surface area contributed by atoms with Crippen LogP contribution in [-0.2, 0) is 25.5 Å². The van der Waals surface area contributed by atoms with Crippen molar-refractivity contribution in [1.82, 2.24) is 0 Å². The summed E-state index contributed by atoms with van der Waals surface area (Å²) in [6.45, 7) is 1.37. The molecule has 8 heteroatoms. The van der Waals surface area contributed by atoms with E-state index < -0.39 is 18.5 Å². The fourth-order valence-electron chi connectivity index (χ4n) is 3.39. The minimum Gasteiger partial charge on any atom is -0.493 e. The van der Waals surface area contributed by atoms with Crippen LogP contribution in [-0.4, -0.2) is 44.7 Å². The third kappa shape index (κ3) is 4.71. The third-order valence-corrected chi connectivity index (χ3v) is 4.78. The van der Waals surface area contributed by atoms with E-state index in [-0.39, 0.29) is 24.8 Å². The van der Waals surface area contributed by atoms with E-state index in [0.717, 1.165) is 0 Å². The maximum absolute atomic E-state index is 12.8. The zero-order chi connectivity index (χ0) is 21.7. The molecule has 2 aromatic rings. The third-order valence-electron chi connectivity index (χ3n) is 4.78. The molecular weight excluding hydrogens is 388 g/mol. The highest BCUT2D eigenvalue weighted by molar-refractivity contribution is 6.05. The highest BCUT2D eigenvalue weighted by Crippen LogP contribution is 2.31. The first-order chi connectivity index (χ1) is 14.4. The molecular formula is C22H24N2O6. The Bertz CT molecular complexity index is 958. The minimum atomic E-state index is -0.541. The molecule has 0 spiro atoms. The lowest BCUT2D eigenvalue weighted by molar-refractivity contribution is -0.147. The molecule has 0 bridgehead atoms. The summed E-state index contributed by atoms with van der Waals surface area (Å²) in [5.74, 6) is -0.0452. The van der Waals surface area contributed by atoms with Gasteiger partial charge in [-0.3, -0.25) is 14.4 Å². The Labute approximate surface area is 174 Å². The van der Waals surface area contributed by atoms with Crippen LogP contribution in [0.2, 0.25) is 0 Å². The number of fused-ring (bicyclic) bond motifs is 1. The quantitative estimate of drug-likeness (QED) is 0.733. The zero-order valence-electron chi connectivity index (χ0n) is 17.1. The van der Waals surface area contributed by atoms with E-state index in [1.807, 2.05) is 0 Å². The molecule has 1 aliphatic heterocycles. The minimum absolute atomic E-state index is 0.0141. The number of carbonyl (C=O) groups is 3. The largest absolute Gasteiger partial charge is 0.493 e. The molecule has 0 radical (unpaired) electrons. The molecule has 0 fully saturated rings. The highest BCUT2D eigenvalue weighted by atomic mass is 16.5. The molecule has 1 atom stereocenters. The molecule has 0 saturated heterocycles. The molecule has 2 aromatic carbocycles. The average molecular weight is 412 g/mol. The average Bonchev–Trinajstić information content (AvgIpc) is 2.86. The number of para-hydroxylation sites is 2. The second-order valence-electron chi connectivity index (χ2n) is 6.91. The van der Waals surface area contributed by atoms with Gasteiger partial charge in [-0.05, 0) is 36.8 Å². The summed E-state index contributed by atoms with van der Waals surface area (Å²) in [5, 5.41) is 2.79. The van der Waals surface area contributed by atoms with Gasteiger partial charge in [0, 0.05) is 12.5 Å². The number of esters is 1.